The van der Waals surface area contributed by atoms with Crippen molar-refractivity contribution in [2.24, 2.45) is 0 Å². The number of hydrogen-bond acceptors (Lipinski definition) is 2. The minimum atomic E-state index is -0.0974. The Labute approximate surface area is 104 Å². The van der Waals surface area contributed by atoms with E-state index in [1.54, 1.807) is 0 Å². The second-order valence-corrected chi connectivity index (χ2v) is 4.82. The average Bonchev–Trinajstić information content (AvgIpc) is 2.35. The summed E-state index contributed by atoms with van der Waals surface area (Å²) in [5, 5.41) is 3.22. The van der Waals surface area contributed by atoms with Crippen LogP contribution >= 0.6 is 0 Å². The first-order valence-electron chi connectivity index (χ1n) is 6.43. The second kappa shape index (κ2) is 6.55. The molecule has 1 atom stereocenters. The first kappa shape index (κ1) is 13.9. The molecule has 0 heterocycles. The maximum absolute atomic E-state index is 12.1. The summed E-state index contributed by atoms with van der Waals surface area (Å²) >= 11 is 0. The third kappa shape index (κ3) is 3.97. The summed E-state index contributed by atoms with van der Waals surface area (Å²) in [6.45, 7) is 9.22. The Morgan fingerprint density at radius 1 is 1.18 bits per heavy atom. The van der Waals surface area contributed by atoms with Gasteiger partial charge >= 0.3 is 0 Å². The molecule has 2 heteroatoms. The molecule has 94 valence electrons. The number of ketones is 1. The number of carbonyl (C=O) groups is 1. The van der Waals surface area contributed by atoms with Gasteiger partial charge in [-0.05, 0) is 31.4 Å². The molecule has 1 aromatic carbocycles. The fourth-order valence-corrected chi connectivity index (χ4v) is 1.74. The van der Waals surface area contributed by atoms with Crippen LogP contribution in [0.5, 0.6) is 0 Å². The molecule has 1 rings (SSSR count). The average molecular weight is 233 g/mol. The molecule has 0 aliphatic heterocycles. The van der Waals surface area contributed by atoms with Crippen molar-refractivity contribution in [2.75, 3.05) is 6.54 Å². The van der Waals surface area contributed by atoms with Crippen molar-refractivity contribution >= 4 is 5.78 Å². The zero-order chi connectivity index (χ0) is 12.8. The van der Waals surface area contributed by atoms with Crippen LogP contribution in [0.3, 0.4) is 0 Å². The minimum Gasteiger partial charge on any atom is -0.307 e. The van der Waals surface area contributed by atoms with Crippen LogP contribution in [0.2, 0.25) is 0 Å². The standard InChI is InChI=1S/C15H23NO/c1-5-10-16-12(4)15(17)14-8-6-13(7-9-14)11(2)3/h6-9,11-12,16H,5,10H2,1-4H3. The number of carbonyl (C=O) groups excluding carboxylic acids is 1. The number of hydrogen-bond donors (Lipinski definition) is 1. The molecule has 0 aliphatic rings. The number of nitrogens with one attached hydrogen (secondary N) is 1. The second-order valence-electron chi connectivity index (χ2n) is 4.82. The summed E-state index contributed by atoms with van der Waals surface area (Å²) in [5.74, 6) is 0.684. The van der Waals surface area contributed by atoms with Gasteiger partial charge < -0.3 is 5.32 Å². The molecule has 0 saturated carbocycles. The van der Waals surface area contributed by atoms with Crippen LogP contribution in [0.25, 0.3) is 0 Å². The maximum Gasteiger partial charge on any atom is 0.179 e. The van der Waals surface area contributed by atoms with E-state index in [4.69, 9.17) is 0 Å². The SMILES string of the molecule is CCCNC(C)C(=O)c1ccc(C(C)C)cc1. The van der Waals surface area contributed by atoms with Gasteiger partial charge in [0.15, 0.2) is 5.78 Å². The van der Waals surface area contributed by atoms with Crippen LogP contribution in [-0.4, -0.2) is 18.4 Å². The van der Waals surface area contributed by atoms with Gasteiger partial charge in [-0.25, -0.2) is 0 Å². The van der Waals surface area contributed by atoms with Gasteiger partial charge in [-0.3, -0.25) is 4.79 Å². The molecule has 0 spiro atoms. The number of benzene rings is 1. The Bertz CT molecular complexity index is 354. The lowest BCUT2D eigenvalue weighted by Gasteiger charge is -2.12. The van der Waals surface area contributed by atoms with E-state index >= 15 is 0 Å². The van der Waals surface area contributed by atoms with Crippen molar-refractivity contribution in [3.63, 3.8) is 0 Å². The molecule has 0 amide bonds. The molecular weight excluding hydrogens is 210 g/mol. The molecule has 0 saturated heterocycles. The van der Waals surface area contributed by atoms with E-state index in [0.29, 0.717) is 5.92 Å². The quantitative estimate of drug-likeness (QED) is 0.763. The first-order chi connectivity index (χ1) is 8.06. The molecule has 0 bridgehead atoms. The normalized spacial score (nSPS) is 12.8. The van der Waals surface area contributed by atoms with Gasteiger partial charge in [-0.15, -0.1) is 0 Å². The van der Waals surface area contributed by atoms with Crippen molar-refractivity contribution in [3.8, 4) is 0 Å². The topological polar surface area (TPSA) is 29.1 Å². The highest BCUT2D eigenvalue weighted by Crippen LogP contribution is 2.15. The highest BCUT2D eigenvalue weighted by atomic mass is 16.1. The fourth-order valence-electron chi connectivity index (χ4n) is 1.74. The van der Waals surface area contributed by atoms with E-state index in [0.717, 1.165) is 18.5 Å². The molecule has 0 aliphatic carbocycles. The third-order valence-corrected chi connectivity index (χ3v) is 2.96. The van der Waals surface area contributed by atoms with Gasteiger partial charge in [0.05, 0.1) is 6.04 Å². The van der Waals surface area contributed by atoms with Gasteiger partial charge in [-0.1, -0.05) is 45.0 Å². The molecule has 1 unspecified atom stereocenters. The van der Waals surface area contributed by atoms with Gasteiger partial charge in [-0.2, -0.15) is 0 Å². The van der Waals surface area contributed by atoms with E-state index in [1.165, 1.54) is 5.56 Å². The van der Waals surface area contributed by atoms with Crippen molar-refractivity contribution in [2.45, 2.75) is 46.1 Å². The Morgan fingerprint density at radius 2 is 1.76 bits per heavy atom. The lowest BCUT2D eigenvalue weighted by atomic mass is 9.99. The van der Waals surface area contributed by atoms with E-state index in [-0.39, 0.29) is 11.8 Å². The van der Waals surface area contributed by atoms with E-state index < -0.39 is 0 Å². The van der Waals surface area contributed by atoms with Crippen LogP contribution in [0.15, 0.2) is 24.3 Å². The van der Waals surface area contributed by atoms with Crippen molar-refractivity contribution < 1.29 is 4.79 Å². The maximum atomic E-state index is 12.1. The molecule has 1 N–H and O–H groups in total. The van der Waals surface area contributed by atoms with Crippen LogP contribution in [0, 0.1) is 0 Å². The molecular formula is C15H23NO. The highest BCUT2D eigenvalue weighted by Gasteiger charge is 2.14. The first-order valence-corrected chi connectivity index (χ1v) is 6.43. The van der Waals surface area contributed by atoms with Crippen LogP contribution in [0.4, 0.5) is 0 Å². The van der Waals surface area contributed by atoms with Gasteiger partial charge in [0, 0.05) is 5.56 Å². The molecule has 0 radical (unpaired) electrons. The summed E-state index contributed by atoms with van der Waals surface area (Å²) in [5.41, 5.74) is 2.07. The predicted octanol–water partition coefficient (Wildman–Crippen LogP) is 3.38. The largest absolute Gasteiger partial charge is 0.307 e. The van der Waals surface area contributed by atoms with E-state index in [1.807, 2.05) is 31.2 Å². The van der Waals surface area contributed by atoms with Gasteiger partial charge in [0.2, 0.25) is 0 Å². The van der Waals surface area contributed by atoms with Crippen molar-refractivity contribution in [1.82, 2.24) is 5.32 Å². The van der Waals surface area contributed by atoms with Crippen LogP contribution in [-0.2, 0) is 0 Å². The van der Waals surface area contributed by atoms with E-state index in [2.05, 4.69) is 26.1 Å². The Kier molecular flexibility index (Phi) is 5.36. The molecule has 17 heavy (non-hydrogen) atoms. The lowest BCUT2D eigenvalue weighted by molar-refractivity contribution is 0.0951. The van der Waals surface area contributed by atoms with Gasteiger partial charge in [0.1, 0.15) is 0 Å². The monoisotopic (exact) mass is 233 g/mol. The molecule has 0 fully saturated rings. The summed E-state index contributed by atoms with van der Waals surface area (Å²) in [6.07, 6.45) is 1.05. The summed E-state index contributed by atoms with van der Waals surface area (Å²) in [6, 6.07) is 7.86. The van der Waals surface area contributed by atoms with E-state index in [9.17, 15) is 4.79 Å². The predicted molar refractivity (Wildman–Crippen MR) is 72.6 cm³/mol. The van der Waals surface area contributed by atoms with Crippen LogP contribution < -0.4 is 5.32 Å². The molecule has 2 nitrogen and oxygen atoms in total. The Balaban J connectivity index is 2.69. The van der Waals surface area contributed by atoms with Crippen molar-refractivity contribution in [1.29, 1.82) is 0 Å². The van der Waals surface area contributed by atoms with Crippen LogP contribution in [0.1, 0.15) is 56.0 Å². The summed E-state index contributed by atoms with van der Waals surface area (Å²) < 4.78 is 0. The van der Waals surface area contributed by atoms with Crippen molar-refractivity contribution in [3.05, 3.63) is 35.4 Å². The minimum absolute atomic E-state index is 0.0974. The van der Waals surface area contributed by atoms with Gasteiger partial charge in [0.25, 0.3) is 0 Å². The molecule has 0 aromatic heterocycles. The smallest absolute Gasteiger partial charge is 0.179 e. The Hall–Kier alpha value is -1.15. The lowest BCUT2D eigenvalue weighted by Crippen LogP contribution is -2.34. The zero-order valence-electron chi connectivity index (χ0n) is 11.3. The highest BCUT2D eigenvalue weighted by molar-refractivity contribution is 5.99. The third-order valence-electron chi connectivity index (χ3n) is 2.96. The number of Topliss-reactive ketones (excluding diaryl/α,β-unsaturated/α-hetero) is 1. The molecule has 1 aromatic rings. The zero-order valence-corrected chi connectivity index (χ0v) is 11.3. The summed E-state index contributed by atoms with van der Waals surface area (Å²) in [4.78, 5) is 12.1. The number of rotatable bonds is 6. The Morgan fingerprint density at radius 3 is 2.24 bits per heavy atom. The fraction of sp³-hybridized carbons (Fsp3) is 0.533. The summed E-state index contributed by atoms with van der Waals surface area (Å²) in [7, 11) is 0.